The fraction of sp³-hybridized carbons (Fsp3) is 0.227. The van der Waals surface area contributed by atoms with Crippen molar-refractivity contribution in [1.82, 2.24) is 10.4 Å². The number of para-hydroxylation sites is 1. The van der Waals surface area contributed by atoms with E-state index in [2.05, 4.69) is 15.5 Å². The Morgan fingerprint density at radius 1 is 1.19 bits per heavy atom. The number of carbonyl (C=O) groups excluding carboxylic acids is 1. The molecule has 4 rings (SSSR count). The predicted octanol–water partition coefficient (Wildman–Crippen LogP) is 3.80. The Morgan fingerprint density at radius 3 is 2.58 bits per heavy atom. The van der Waals surface area contributed by atoms with E-state index in [0.717, 1.165) is 29.4 Å². The zero-order chi connectivity index (χ0) is 22.0. The van der Waals surface area contributed by atoms with E-state index in [1.54, 1.807) is 6.07 Å². The highest BCUT2D eigenvalue weighted by molar-refractivity contribution is 6.06. The number of fused-ring (bicyclic) bond motifs is 1. The number of hydrogen-bond donors (Lipinski definition) is 1. The Bertz CT molecular complexity index is 1200. The highest BCUT2D eigenvalue weighted by atomic mass is 16.6. The van der Waals surface area contributed by atoms with Gasteiger partial charge in [-0.25, -0.2) is 5.43 Å². The van der Waals surface area contributed by atoms with E-state index in [9.17, 15) is 14.9 Å². The third kappa shape index (κ3) is 4.16. The minimum absolute atomic E-state index is 0.168. The van der Waals surface area contributed by atoms with Crippen molar-refractivity contribution < 1.29 is 19.2 Å². The summed E-state index contributed by atoms with van der Waals surface area (Å²) < 4.78 is 10.3. The average molecular weight is 420 g/mol. The molecule has 0 radical (unpaired) electrons. The number of pyridine rings is 1. The SMILES string of the molecule is COc1cc(C=NNC(=O)c2cc(C3CC3)nc3ccccc23)c([N+](=O)[O-])cc1OC. The van der Waals surface area contributed by atoms with Crippen molar-refractivity contribution >= 4 is 28.7 Å². The molecule has 0 spiro atoms. The lowest BCUT2D eigenvalue weighted by atomic mass is 10.1. The number of benzene rings is 2. The largest absolute Gasteiger partial charge is 0.493 e. The second-order valence-electron chi connectivity index (χ2n) is 7.11. The molecule has 0 saturated heterocycles. The molecule has 1 aliphatic rings. The van der Waals surface area contributed by atoms with Crippen LogP contribution < -0.4 is 14.9 Å². The minimum Gasteiger partial charge on any atom is -0.493 e. The van der Waals surface area contributed by atoms with Crippen molar-refractivity contribution in [3.05, 3.63) is 69.4 Å². The standard InChI is InChI=1S/C22H20N4O5/c1-30-20-9-14(19(26(28)29)11-21(20)31-2)12-23-25-22(27)16-10-18(13-7-8-13)24-17-6-4-3-5-15(16)17/h3-6,9-13H,7-8H2,1-2H3,(H,25,27). The smallest absolute Gasteiger partial charge is 0.282 e. The number of aromatic nitrogens is 1. The van der Waals surface area contributed by atoms with Gasteiger partial charge in [-0.3, -0.25) is 19.9 Å². The van der Waals surface area contributed by atoms with Crippen LogP contribution in [0.3, 0.4) is 0 Å². The zero-order valence-electron chi connectivity index (χ0n) is 17.0. The Hall–Kier alpha value is -4.01. The second kappa shape index (κ2) is 8.39. The fourth-order valence-electron chi connectivity index (χ4n) is 3.34. The summed E-state index contributed by atoms with van der Waals surface area (Å²) in [6.45, 7) is 0. The molecule has 0 atom stereocenters. The highest BCUT2D eigenvalue weighted by Crippen LogP contribution is 2.40. The Balaban J connectivity index is 1.63. The first-order valence-corrected chi connectivity index (χ1v) is 9.65. The monoisotopic (exact) mass is 420 g/mol. The summed E-state index contributed by atoms with van der Waals surface area (Å²) in [5, 5.41) is 16.1. The summed E-state index contributed by atoms with van der Waals surface area (Å²) in [6, 6.07) is 11.9. The molecule has 1 fully saturated rings. The third-order valence-electron chi connectivity index (χ3n) is 5.08. The first-order chi connectivity index (χ1) is 15.0. The molecule has 1 aromatic heterocycles. The maximum absolute atomic E-state index is 12.9. The fourth-order valence-corrected chi connectivity index (χ4v) is 3.34. The van der Waals surface area contributed by atoms with Gasteiger partial charge in [0.05, 0.1) is 48.1 Å². The van der Waals surface area contributed by atoms with Crippen LogP contribution in [0.4, 0.5) is 5.69 Å². The van der Waals surface area contributed by atoms with Crippen LogP contribution in [0.25, 0.3) is 10.9 Å². The van der Waals surface area contributed by atoms with Crippen LogP contribution in [-0.4, -0.2) is 36.2 Å². The van der Waals surface area contributed by atoms with E-state index >= 15 is 0 Å². The molecule has 31 heavy (non-hydrogen) atoms. The Morgan fingerprint density at radius 2 is 1.90 bits per heavy atom. The van der Waals surface area contributed by atoms with E-state index in [1.807, 2.05) is 24.3 Å². The van der Waals surface area contributed by atoms with Gasteiger partial charge in [-0.05, 0) is 31.0 Å². The maximum Gasteiger partial charge on any atom is 0.282 e. The summed E-state index contributed by atoms with van der Waals surface area (Å²) in [7, 11) is 2.82. The van der Waals surface area contributed by atoms with Gasteiger partial charge in [0.15, 0.2) is 11.5 Å². The van der Waals surface area contributed by atoms with Crippen LogP contribution >= 0.6 is 0 Å². The lowest BCUT2D eigenvalue weighted by Crippen LogP contribution is -2.18. The van der Waals surface area contributed by atoms with Gasteiger partial charge in [0.25, 0.3) is 11.6 Å². The van der Waals surface area contributed by atoms with Gasteiger partial charge in [-0.1, -0.05) is 18.2 Å². The number of amides is 1. The summed E-state index contributed by atoms with van der Waals surface area (Å²) in [5.41, 5.74) is 4.52. The van der Waals surface area contributed by atoms with Crippen LogP contribution in [0.2, 0.25) is 0 Å². The first kappa shape index (κ1) is 20.3. The number of nitro groups is 1. The van der Waals surface area contributed by atoms with E-state index in [1.165, 1.54) is 32.6 Å². The van der Waals surface area contributed by atoms with Crippen molar-refractivity contribution in [2.24, 2.45) is 5.10 Å². The molecule has 3 aromatic rings. The molecular formula is C22H20N4O5. The van der Waals surface area contributed by atoms with Gasteiger partial charge in [-0.2, -0.15) is 5.10 Å². The summed E-state index contributed by atoms with van der Waals surface area (Å²) in [5.74, 6) is 0.510. The van der Waals surface area contributed by atoms with E-state index < -0.39 is 10.8 Å². The minimum atomic E-state index is -0.552. The number of nitrogens with one attached hydrogen (secondary N) is 1. The highest BCUT2D eigenvalue weighted by Gasteiger charge is 2.27. The molecule has 2 aromatic carbocycles. The van der Waals surface area contributed by atoms with Crippen molar-refractivity contribution in [3.63, 3.8) is 0 Å². The predicted molar refractivity (Wildman–Crippen MR) is 115 cm³/mol. The molecule has 1 saturated carbocycles. The molecule has 1 N–H and O–H groups in total. The molecule has 0 unspecified atom stereocenters. The van der Waals surface area contributed by atoms with Gasteiger partial charge >= 0.3 is 0 Å². The van der Waals surface area contributed by atoms with Gasteiger partial charge in [-0.15, -0.1) is 0 Å². The molecule has 9 nitrogen and oxygen atoms in total. The summed E-state index contributed by atoms with van der Waals surface area (Å²) in [6.07, 6.45) is 3.34. The molecular weight excluding hydrogens is 400 g/mol. The van der Waals surface area contributed by atoms with Crippen LogP contribution in [0, 0.1) is 10.1 Å². The maximum atomic E-state index is 12.9. The number of methoxy groups -OCH3 is 2. The van der Waals surface area contributed by atoms with Crippen LogP contribution in [0.1, 0.15) is 40.4 Å². The number of ether oxygens (including phenoxy) is 2. The molecule has 1 aliphatic carbocycles. The number of nitrogens with zero attached hydrogens (tertiary/aromatic N) is 3. The van der Waals surface area contributed by atoms with E-state index in [4.69, 9.17) is 9.47 Å². The van der Waals surface area contributed by atoms with Crippen molar-refractivity contribution in [2.75, 3.05) is 14.2 Å². The van der Waals surface area contributed by atoms with Gasteiger partial charge < -0.3 is 9.47 Å². The first-order valence-electron chi connectivity index (χ1n) is 9.65. The average Bonchev–Trinajstić information content (AvgIpc) is 3.63. The normalized spacial score (nSPS) is 13.4. The second-order valence-corrected chi connectivity index (χ2v) is 7.11. The Labute approximate surface area is 177 Å². The van der Waals surface area contributed by atoms with Crippen LogP contribution in [-0.2, 0) is 0 Å². The number of hydrogen-bond acceptors (Lipinski definition) is 7. The van der Waals surface area contributed by atoms with Crippen LogP contribution in [0.15, 0.2) is 47.6 Å². The summed E-state index contributed by atoms with van der Waals surface area (Å²) in [4.78, 5) is 28.4. The van der Waals surface area contributed by atoms with Crippen LogP contribution in [0.5, 0.6) is 11.5 Å². The van der Waals surface area contributed by atoms with Crippen molar-refractivity contribution in [2.45, 2.75) is 18.8 Å². The summed E-state index contributed by atoms with van der Waals surface area (Å²) >= 11 is 0. The number of nitro benzene ring substituents is 1. The lowest BCUT2D eigenvalue weighted by Gasteiger charge is -2.09. The number of rotatable bonds is 7. The molecule has 1 amide bonds. The Kier molecular flexibility index (Phi) is 5.48. The van der Waals surface area contributed by atoms with Crippen molar-refractivity contribution in [1.29, 1.82) is 0 Å². The quantitative estimate of drug-likeness (QED) is 0.353. The topological polar surface area (TPSA) is 116 Å². The number of carbonyl (C=O) groups is 1. The van der Waals surface area contributed by atoms with Gasteiger partial charge in [0.1, 0.15) is 0 Å². The number of hydrazone groups is 1. The van der Waals surface area contributed by atoms with Gasteiger partial charge in [0, 0.05) is 17.0 Å². The third-order valence-corrected chi connectivity index (χ3v) is 5.08. The van der Waals surface area contributed by atoms with Crippen molar-refractivity contribution in [3.8, 4) is 11.5 Å². The van der Waals surface area contributed by atoms with Gasteiger partial charge in [0.2, 0.25) is 0 Å². The van der Waals surface area contributed by atoms with E-state index in [-0.39, 0.29) is 17.0 Å². The molecule has 0 aliphatic heterocycles. The lowest BCUT2D eigenvalue weighted by molar-refractivity contribution is -0.385. The molecule has 158 valence electrons. The molecule has 9 heteroatoms. The molecule has 1 heterocycles. The molecule has 0 bridgehead atoms. The van der Waals surface area contributed by atoms with E-state index in [0.29, 0.717) is 17.2 Å². The zero-order valence-corrected chi connectivity index (χ0v) is 17.0.